The van der Waals surface area contributed by atoms with Gasteiger partial charge in [0.15, 0.2) is 0 Å². The van der Waals surface area contributed by atoms with E-state index in [1.54, 1.807) is 12.1 Å². The lowest BCUT2D eigenvalue weighted by atomic mass is 10.0. The van der Waals surface area contributed by atoms with E-state index in [0.717, 1.165) is 46.3 Å². The first-order chi connectivity index (χ1) is 13.4. The molecule has 3 rings (SSSR count). The van der Waals surface area contributed by atoms with Gasteiger partial charge in [-0.05, 0) is 37.7 Å². The van der Waals surface area contributed by atoms with Crippen LogP contribution in [0.5, 0.6) is 0 Å². The van der Waals surface area contributed by atoms with E-state index < -0.39 is 0 Å². The minimum Gasteiger partial charge on any atom is -0.302 e. The lowest BCUT2D eigenvalue weighted by molar-refractivity contribution is 0.286. The molecule has 0 aliphatic rings. The Labute approximate surface area is 169 Å². The Morgan fingerprint density at radius 3 is 2.39 bits per heavy atom. The normalized spacial score (nSPS) is 11.9. The molecule has 28 heavy (non-hydrogen) atoms. The second-order valence-corrected chi connectivity index (χ2v) is 8.53. The van der Waals surface area contributed by atoms with Gasteiger partial charge in [0, 0.05) is 29.4 Å². The summed E-state index contributed by atoms with van der Waals surface area (Å²) in [4.78, 5) is 22.5. The van der Waals surface area contributed by atoms with Gasteiger partial charge in [0.05, 0.1) is 5.39 Å². The lowest BCUT2D eigenvalue weighted by Crippen LogP contribution is -2.33. The number of benzene rings is 1. The topological polar surface area (TPSA) is 38.1 Å². The molecule has 2 aromatic heterocycles. The van der Waals surface area contributed by atoms with Crippen molar-refractivity contribution in [3.05, 3.63) is 51.1 Å². The van der Waals surface area contributed by atoms with Crippen molar-refractivity contribution in [1.29, 1.82) is 0 Å². The van der Waals surface area contributed by atoms with Crippen LogP contribution in [0.4, 0.5) is 4.39 Å². The molecule has 0 saturated carbocycles. The summed E-state index contributed by atoms with van der Waals surface area (Å²) in [5.74, 6) is 0.708. The van der Waals surface area contributed by atoms with E-state index >= 15 is 0 Å². The van der Waals surface area contributed by atoms with Gasteiger partial charge in [-0.2, -0.15) is 0 Å². The standard InChI is InChI=1S/C22H28FN3OS/c1-6-25(7-2)12-13-26-20(14(3)4)24-21-19(22(26)27)18(15(5)28-21)16-8-10-17(23)11-9-16/h8-11,14H,6-7,12-13H2,1-5H3. The van der Waals surface area contributed by atoms with Crippen LogP contribution in [-0.4, -0.2) is 34.1 Å². The maximum atomic E-state index is 13.6. The fourth-order valence-electron chi connectivity index (χ4n) is 3.61. The molecule has 4 nitrogen and oxygen atoms in total. The summed E-state index contributed by atoms with van der Waals surface area (Å²) in [7, 11) is 0. The summed E-state index contributed by atoms with van der Waals surface area (Å²) < 4.78 is 15.2. The molecule has 2 heterocycles. The first kappa shape index (κ1) is 20.7. The summed E-state index contributed by atoms with van der Waals surface area (Å²) in [6.45, 7) is 13.7. The van der Waals surface area contributed by atoms with Crippen LogP contribution in [0.3, 0.4) is 0 Å². The summed E-state index contributed by atoms with van der Waals surface area (Å²) in [5, 5.41) is 0.651. The predicted molar refractivity (Wildman–Crippen MR) is 116 cm³/mol. The Balaban J connectivity index is 2.20. The van der Waals surface area contributed by atoms with E-state index in [0.29, 0.717) is 11.9 Å². The van der Waals surface area contributed by atoms with E-state index in [9.17, 15) is 9.18 Å². The molecule has 0 fully saturated rings. The number of rotatable bonds is 7. The number of hydrogen-bond donors (Lipinski definition) is 0. The Bertz CT molecular complexity index is 1020. The van der Waals surface area contributed by atoms with Gasteiger partial charge in [0.1, 0.15) is 16.5 Å². The van der Waals surface area contributed by atoms with E-state index in [1.165, 1.54) is 23.5 Å². The van der Waals surface area contributed by atoms with Crippen LogP contribution in [-0.2, 0) is 6.54 Å². The van der Waals surface area contributed by atoms with Gasteiger partial charge in [-0.1, -0.05) is 39.8 Å². The van der Waals surface area contributed by atoms with Crippen molar-refractivity contribution in [3.8, 4) is 11.1 Å². The molecule has 0 atom stereocenters. The van der Waals surface area contributed by atoms with Crippen LogP contribution in [0.15, 0.2) is 29.1 Å². The number of nitrogens with zero attached hydrogens (tertiary/aromatic N) is 3. The number of halogens is 1. The van der Waals surface area contributed by atoms with Crippen molar-refractivity contribution < 1.29 is 4.39 Å². The second kappa shape index (κ2) is 8.53. The highest BCUT2D eigenvalue weighted by Crippen LogP contribution is 2.36. The minimum atomic E-state index is -0.280. The van der Waals surface area contributed by atoms with E-state index in [1.807, 2.05) is 11.5 Å². The molecule has 0 saturated heterocycles. The molecule has 0 bridgehead atoms. The SMILES string of the molecule is CCN(CC)CCn1c(C(C)C)nc2sc(C)c(-c3ccc(F)cc3)c2c1=O. The third-order valence-corrected chi connectivity index (χ3v) is 6.20. The van der Waals surface area contributed by atoms with Gasteiger partial charge in [0.25, 0.3) is 5.56 Å². The highest BCUT2D eigenvalue weighted by Gasteiger charge is 2.21. The van der Waals surface area contributed by atoms with Crippen LogP contribution in [0, 0.1) is 12.7 Å². The quantitative estimate of drug-likeness (QED) is 0.557. The first-order valence-electron chi connectivity index (χ1n) is 9.89. The summed E-state index contributed by atoms with van der Waals surface area (Å²) in [5.41, 5.74) is 1.74. The molecular formula is C22H28FN3OS. The summed E-state index contributed by atoms with van der Waals surface area (Å²) in [6, 6.07) is 6.35. The third kappa shape index (κ3) is 3.89. The molecule has 0 aliphatic carbocycles. The summed E-state index contributed by atoms with van der Waals surface area (Å²) >= 11 is 1.54. The van der Waals surface area contributed by atoms with Crippen molar-refractivity contribution in [2.75, 3.05) is 19.6 Å². The van der Waals surface area contributed by atoms with E-state index in [2.05, 4.69) is 32.6 Å². The van der Waals surface area contributed by atoms with Crippen molar-refractivity contribution in [1.82, 2.24) is 14.5 Å². The predicted octanol–water partition coefficient (Wildman–Crippen LogP) is 5.04. The maximum Gasteiger partial charge on any atom is 0.262 e. The number of thiophene rings is 1. The fraction of sp³-hybridized carbons (Fsp3) is 0.455. The molecule has 0 spiro atoms. The first-order valence-corrected chi connectivity index (χ1v) is 10.7. The highest BCUT2D eigenvalue weighted by atomic mass is 32.1. The molecule has 3 aromatic rings. The van der Waals surface area contributed by atoms with Crippen LogP contribution in [0.2, 0.25) is 0 Å². The molecule has 0 unspecified atom stereocenters. The zero-order valence-electron chi connectivity index (χ0n) is 17.3. The molecule has 0 amide bonds. The van der Waals surface area contributed by atoms with Gasteiger partial charge in [0.2, 0.25) is 0 Å². The molecule has 0 N–H and O–H groups in total. The largest absolute Gasteiger partial charge is 0.302 e. The molecule has 1 aromatic carbocycles. The smallest absolute Gasteiger partial charge is 0.262 e. The molecule has 150 valence electrons. The van der Waals surface area contributed by atoms with Gasteiger partial charge in [-0.3, -0.25) is 9.36 Å². The Kier molecular flexibility index (Phi) is 6.30. The van der Waals surface area contributed by atoms with Gasteiger partial charge < -0.3 is 4.90 Å². The zero-order chi connectivity index (χ0) is 20.4. The van der Waals surface area contributed by atoms with Crippen molar-refractivity contribution in [2.24, 2.45) is 0 Å². The van der Waals surface area contributed by atoms with Crippen molar-refractivity contribution in [2.45, 2.75) is 47.1 Å². The summed E-state index contributed by atoms with van der Waals surface area (Å²) in [6.07, 6.45) is 0. The van der Waals surface area contributed by atoms with Gasteiger partial charge >= 0.3 is 0 Å². The van der Waals surface area contributed by atoms with Gasteiger partial charge in [-0.25, -0.2) is 9.37 Å². The lowest BCUT2D eigenvalue weighted by Gasteiger charge is -2.21. The molecular weight excluding hydrogens is 373 g/mol. The average molecular weight is 402 g/mol. The maximum absolute atomic E-state index is 13.6. The Morgan fingerprint density at radius 1 is 1.18 bits per heavy atom. The number of aryl methyl sites for hydroxylation is 1. The minimum absolute atomic E-state index is 0.00420. The molecule has 6 heteroatoms. The van der Waals surface area contributed by atoms with Crippen LogP contribution in [0.25, 0.3) is 21.3 Å². The molecule has 0 radical (unpaired) electrons. The van der Waals surface area contributed by atoms with Gasteiger partial charge in [-0.15, -0.1) is 11.3 Å². The van der Waals surface area contributed by atoms with Crippen molar-refractivity contribution >= 4 is 21.6 Å². The zero-order valence-corrected chi connectivity index (χ0v) is 18.1. The number of likely N-dealkylation sites (N-methyl/N-ethyl adjacent to an activating group) is 1. The second-order valence-electron chi connectivity index (χ2n) is 7.33. The van der Waals surface area contributed by atoms with Crippen LogP contribution in [0.1, 0.15) is 44.3 Å². The number of fused-ring (bicyclic) bond motifs is 1. The molecule has 0 aliphatic heterocycles. The fourth-order valence-corrected chi connectivity index (χ4v) is 4.66. The van der Waals surface area contributed by atoms with Crippen LogP contribution < -0.4 is 5.56 Å². The van der Waals surface area contributed by atoms with E-state index in [4.69, 9.17) is 4.98 Å². The number of aromatic nitrogens is 2. The Morgan fingerprint density at radius 2 is 1.82 bits per heavy atom. The average Bonchev–Trinajstić information content (AvgIpc) is 3.00. The number of hydrogen-bond acceptors (Lipinski definition) is 4. The van der Waals surface area contributed by atoms with Crippen molar-refractivity contribution in [3.63, 3.8) is 0 Å². The third-order valence-electron chi connectivity index (χ3n) is 5.20. The van der Waals surface area contributed by atoms with E-state index in [-0.39, 0.29) is 17.3 Å². The monoisotopic (exact) mass is 401 g/mol. The Hall–Kier alpha value is -2.05. The van der Waals surface area contributed by atoms with Crippen LogP contribution >= 0.6 is 11.3 Å². The highest BCUT2D eigenvalue weighted by molar-refractivity contribution is 7.19.